The third-order valence-electron chi connectivity index (χ3n) is 3.45. The summed E-state index contributed by atoms with van der Waals surface area (Å²) in [6, 6.07) is 0.732. The molecule has 82 valence electrons. The Morgan fingerprint density at radius 1 is 1.57 bits per heavy atom. The lowest BCUT2D eigenvalue weighted by Gasteiger charge is -2.34. The highest BCUT2D eigenvalue weighted by Gasteiger charge is 2.35. The van der Waals surface area contributed by atoms with Crippen LogP contribution in [0, 0.1) is 0 Å². The van der Waals surface area contributed by atoms with E-state index in [0.717, 1.165) is 19.3 Å². The fourth-order valence-electron chi connectivity index (χ4n) is 2.39. The fraction of sp³-hybridized carbons (Fsp3) is 1.00. The summed E-state index contributed by atoms with van der Waals surface area (Å²) in [5, 5.41) is 3.84. The van der Waals surface area contributed by atoms with E-state index in [4.69, 9.17) is 4.74 Å². The van der Waals surface area contributed by atoms with Crippen molar-refractivity contribution in [3.8, 4) is 0 Å². The Bertz CT molecular complexity index is 174. The van der Waals surface area contributed by atoms with Crippen LogP contribution < -0.4 is 5.32 Å². The second kappa shape index (κ2) is 4.86. The fourth-order valence-corrected chi connectivity index (χ4v) is 3.46. The van der Waals surface area contributed by atoms with Crippen molar-refractivity contribution in [3.63, 3.8) is 0 Å². The molecule has 14 heavy (non-hydrogen) atoms. The van der Waals surface area contributed by atoms with Gasteiger partial charge >= 0.3 is 0 Å². The molecule has 0 spiro atoms. The first-order valence-corrected chi connectivity index (χ1v) is 6.93. The Labute approximate surface area is 91.2 Å². The van der Waals surface area contributed by atoms with Gasteiger partial charge in [-0.15, -0.1) is 0 Å². The molecule has 0 aliphatic carbocycles. The molecule has 0 bridgehead atoms. The first-order chi connectivity index (χ1) is 6.85. The summed E-state index contributed by atoms with van der Waals surface area (Å²) in [6.07, 6.45) is 5.14. The normalized spacial score (nSPS) is 38.8. The largest absolute Gasteiger partial charge is 0.379 e. The lowest BCUT2D eigenvalue weighted by atomic mass is 9.93. The van der Waals surface area contributed by atoms with Gasteiger partial charge in [-0.05, 0) is 31.4 Å². The van der Waals surface area contributed by atoms with Crippen LogP contribution in [0.4, 0.5) is 0 Å². The molecule has 3 heteroatoms. The SMILES string of the molecule is CCC1(NC2CCCSC2)CCOC1. The highest BCUT2D eigenvalue weighted by atomic mass is 32.2. The van der Waals surface area contributed by atoms with Crippen molar-refractivity contribution in [1.82, 2.24) is 5.32 Å². The summed E-state index contributed by atoms with van der Waals surface area (Å²) in [4.78, 5) is 0. The number of hydrogen-bond donors (Lipinski definition) is 1. The van der Waals surface area contributed by atoms with Crippen LogP contribution in [0.1, 0.15) is 32.6 Å². The minimum Gasteiger partial charge on any atom is -0.379 e. The number of hydrogen-bond acceptors (Lipinski definition) is 3. The van der Waals surface area contributed by atoms with E-state index in [1.807, 2.05) is 0 Å². The zero-order chi connectivity index (χ0) is 9.86. The predicted octanol–water partition coefficient (Wildman–Crippen LogP) is 2.04. The van der Waals surface area contributed by atoms with Gasteiger partial charge in [0, 0.05) is 23.9 Å². The standard InChI is InChI=1S/C11H21NOS/c1-2-11(5-6-13-9-11)12-10-4-3-7-14-8-10/h10,12H,2-9H2,1H3. The highest BCUT2D eigenvalue weighted by molar-refractivity contribution is 7.99. The minimum absolute atomic E-state index is 0.308. The molecule has 1 N–H and O–H groups in total. The third-order valence-corrected chi connectivity index (χ3v) is 4.67. The number of nitrogens with one attached hydrogen (secondary N) is 1. The van der Waals surface area contributed by atoms with Gasteiger partial charge in [0.1, 0.15) is 0 Å². The van der Waals surface area contributed by atoms with Gasteiger partial charge in [-0.1, -0.05) is 6.92 Å². The number of thioether (sulfide) groups is 1. The van der Waals surface area contributed by atoms with Crippen LogP contribution in [0.5, 0.6) is 0 Å². The van der Waals surface area contributed by atoms with E-state index in [-0.39, 0.29) is 0 Å². The predicted molar refractivity (Wildman–Crippen MR) is 61.9 cm³/mol. The Balaban J connectivity index is 1.86. The number of rotatable bonds is 3. The molecule has 2 rings (SSSR count). The van der Waals surface area contributed by atoms with E-state index < -0.39 is 0 Å². The van der Waals surface area contributed by atoms with Crippen molar-refractivity contribution in [2.24, 2.45) is 0 Å². The van der Waals surface area contributed by atoms with Crippen molar-refractivity contribution in [1.29, 1.82) is 0 Å². The second-order valence-electron chi connectivity index (χ2n) is 4.49. The minimum atomic E-state index is 0.308. The molecule has 0 aromatic carbocycles. The lowest BCUT2D eigenvalue weighted by molar-refractivity contribution is 0.158. The molecular weight excluding hydrogens is 194 g/mol. The van der Waals surface area contributed by atoms with Crippen LogP contribution in [-0.4, -0.2) is 36.3 Å². The lowest BCUT2D eigenvalue weighted by Crippen LogP contribution is -2.52. The quantitative estimate of drug-likeness (QED) is 0.778. The molecule has 2 heterocycles. The van der Waals surface area contributed by atoms with Gasteiger partial charge in [0.25, 0.3) is 0 Å². The van der Waals surface area contributed by atoms with Crippen LogP contribution in [0.25, 0.3) is 0 Å². The molecule has 2 nitrogen and oxygen atoms in total. The van der Waals surface area contributed by atoms with E-state index in [2.05, 4.69) is 24.0 Å². The summed E-state index contributed by atoms with van der Waals surface area (Å²) >= 11 is 2.09. The molecular formula is C11H21NOS. The summed E-state index contributed by atoms with van der Waals surface area (Å²) in [6.45, 7) is 4.14. The van der Waals surface area contributed by atoms with Crippen molar-refractivity contribution in [3.05, 3.63) is 0 Å². The van der Waals surface area contributed by atoms with E-state index in [9.17, 15) is 0 Å². The van der Waals surface area contributed by atoms with E-state index in [0.29, 0.717) is 5.54 Å². The molecule has 0 saturated carbocycles. The molecule has 0 aromatic rings. The van der Waals surface area contributed by atoms with Gasteiger partial charge in [0.2, 0.25) is 0 Å². The Morgan fingerprint density at radius 3 is 3.07 bits per heavy atom. The van der Waals surface area contributed by atoms with Gasteiger partial charge in [-0.2, -0.15) is 11.8 Å². The van der Waals surface area contributed by atoms with Crippen LogP contribution >= 0.6 is 11.8 Å². The van der Waals surface area contributed by atoms with Crippen molar-refractivity contribution >= 4 is 11.8 Å². The summed E-state index contributed by atoms with van der Waals surface area (Å²) in [5.41, 5.74) is 0.308. The average Bonchev–Trinajstić information content (AvgIpc) is 2.69. The summed E-state index contributed by atoms with van der Waals surface area (Å²) in [7, 11) is 0. The van der Waals surface area contributed by atoms with E-state index in [1.54, 1.807) is 0 Å². The highest BCUT2D eigenvalue weighted by Crippen LogP contribution is 2.26. The summed E-state index contributed by atoms with van der Waals surface area (Å²) < 4.78 is 5.52. The first kappa shape index (κ1) is 10.8. The van der Waals surface area contributed by atoms with Crippen LogP contribution in [0.3, 0.4) is 0 Å². The van der Waals surface area contributed by atoms with Gasteiger partial charge in [0.05, 0.1) is 6.61 Å². The van der Waals surface area contributed by atoms with Crippen LogP contribution in [-0.2, 0) is 4.74 Å². The van der Waals surface area contributed by atoms with Gasteiger partial charge in [-0.25, -0.2) is 0 Å². The van der Waals surface area contributed by atoms with Crippen molar-refractivity contribution in [2.45, 2.75) is 44.2 Å². The molecule has 0 aromatic heterocycles. The molecule has 2 aliphatic heterocycles. The zero-order valence-corrected chi connectivity index (χ0v) is 9.87. The monoisotopic (exact) mass is 215 g/mol. The van der Waals surface area contributed by atoms with Crippen LogP contribution in [0.2, 0.25) is 0 Å². The first-order valence-electron chi connectivity index (χ1n) is 5.78. The molecule has 0 radical (unpaired) electrons. The van der Waals surface area contributed by atoms with Crippen molar-refractivity contribution < 1.29 is 4.74 Å². The average molecular weight is 215 g/mol. The topological polar surface area (TPSA) is 21.3 Å². The van der Waals surface area contributed by atoms with Gasteiger partial charge in [0.15, 0.2) is 0 Å². The maximum absolute atomic E-state index is 5.52. The number of ether oxygens (including phenoxy) is 1. The Hall–Kier alpha value is 0.270. The maximum atomic E-state index is 5.52. The second-order valence-corrected chi connectivity index (χ2v) is 5.64. The third kappa shape index (κ3) is 2.44. The molecule has 2 aliphatic rings. The molecule has 2 atom stereocenters. The van der Waals surface area contributed by atoms with Crippen LogP contribution in [0.15, 0.2) is 0 Å². The van der Waals surface area contributed by atoms with E-state index in [1.165, 1.54) is 37.2 Å². The Morgan fingerprint density at radius 2 is 2.50 bits per heavy atom. The molecule has 2 fully saturated rings. The maximum Gasteiger partial charge on any atom is 0.0649 e. The van der Waals surface area contributed by atoms with Crippen molar-refractivity contribution in [2.75, 3.05) is 24.7 Å². The van der Waals surface area contributed by atoms with E-state index >= 15 is 0 Å². The zero-order valence-electron chi connectivity index (χ0n) is 9.05. The molecule has 0 amide bonds. The molecule has 2 unspecified atom stereocenters. The summed E-state index contributed by atoms with van der Waals surface area (Å²) in [5.74, 6) is 2.65. The van der Waals surface area contributed by atoms with Gasteiger partial charge < -0.3 is 10.1 Å². The molecule has 2 saturated heterocycles. The smallest absolute Gasteiger partial charge is 0.0649 e. The Kier molecular flexibility index (Phi) is 3.74. The van der Waals surface area contributed by atoms with Gasteiger partial charge in [-0.3, -0.25) is 0 Å².